The van der Waals surface area contributed by atoms with Crippen molar-refractivity contribution in [1.29, 1.82) is 0 Å². The Morgan fingerprint density at radius 3 is 2.70 bits per heavy atom. The lowest BCUT2D eigenvalue weighted by Gasteiger charge is -2.16. The van der Waals surface area contributed by atoms with Crippen LogP contribution in [0.15, 0.2) is 76.2 Å². The van der Waals surface area contributed by atoms with Gasteiger partial charge in [0.1, 0.15) is 17.8 Å². The quantitative estimate of drug-likeness (QED) is 0.387. The van der Waals surface area contributed by atoms with Crippen molar-refractivity contribution in [2.75, 3.05) is 0 Å². The van der Waals surface area contributed by atoms with E-state index in [0.29, 0.717) is 16.9 Å². The first-order valence-corrected chi connectivity index (χ1v) is 12.3. The summed E-state index contributed by atoms with van der Waals surface area (Å²) in [4.78, 5) is 35.6. The number of pyridine rings is 2. The van der Waals surface area contributed by atoms with Crippen molar-refractivity contribution in [3.63, 3.8) is 0 Å². The smallest absolute Gasteiger partial charge is 0.263 e. The summed E-state index contributed by atoms with van der Waals surface area (Å²) in [5, 5.41) is 7.62. The summed E-state index contributed by atoms with van der Waals surface area (Å²) in [6, 6.07) is 19.4. The van der Waals surface area contributed by atoms with E-state index in [4.69, 9.17) is 4.52 Å². The van der Waals surface area contributed by atoms with Gasteiger partial charge in [0.15, 0.2) is 0 Å². The van der Waals surface area contributed by atoms with E-state index in [0.717, 1.165) is 35.2 Å². The molecule has 0 aliphatic heterocycles. The Labute approximate surface area is 213 Å². The second-order valence-corrected chi connectivity index (χ2v) is 9.47. The van der Waals surface area contributed by atoms with Crippen LogP contribution in [0.1, 0.15) is 34.8 Å². The van der Waals surface area contributed by atoms with Crippen LogP contribution >= 0.6 is 0 Å². The van der Waals surface area contributed by atoms with Gasteiger partial charge in [0.2, 0.25) is 17.2 Å². The third-order valence-electron chi connectivity index (χ3n) is 6.81. The molecule has 2 aromatic carbocycles. The summed E-state index contributed by atoms with van der Waals surface area (Å²) >= 11 is 0. The van der Waals surface area contributed by atoms with E-state index in [1.165, 1.54) is 5.56 Å². The summed E-state index contributed by atoms with van der Waals surface area (Å²) in [5.74, 6) is 0.328. The standard InChI is InChI=1S/C29H25N5O3/c1-17-7-10-20(11-8-17)27-32-29(37-33-27)23-15-34(28-22(26(23)36)13-9-18(2)30-28)16-25(35)31-24-14-12-19-5-3-4-6-21(19)24/h3-11,13,15,24H,12,14,16H2,1-2H3,(H,31,35)/t24-/m0/s1. The van der Waals surface area contributed by atoms with E-state index in [2.05, 4.69) is 32.6 Å². The molecular weight excluding hydrogens is 466 g/mol. The molecule has 0 saturated heterocycles. The molecule has 8 nitrogen and oxygen atoms in total. The summed E-state index contributed by atoms with van der Waals surface area (Å²) < 4.78 is 7.19. The zero-order valence-corrected chi connectivity index (χ0v) is 20.6. The number of carbonyl (C=O) groups is 1. The summed E-state index contributed by atoms with van der Waals surface area (Å²) in [6.07, 6.45) is 3.39. The van der Waals surface area contributed by atoms with Crippen LogP contribution in [0.2, 0.25) is 0 Å². The molecule has 1 aliphatic rings. The van der Waals surface area contributed by atoms with Crippen LogP contribution in [0.3, 0.4) is 0 Å². The van der Waals surface area contributed by atoms with Crippen molar-refractivity contribution < 1.29 is 9.32 Å². The number of nitrogens with one attached hydrogen (secondary N) is 1. The molecular formula is C29H25N5O3. The molecule has 3 heterocycles. The van der Waals surface area contributed by atoms with E-state index in [1.54, 1.807) is 22.9 Å². The van der Waals surface area contributed by atoms with Crippen molar-refractivity contribution in [2.45, 2.75) is 39.3 Å². The van der Waals surface area contributed by atoms with E-state index in [1.807, 2.05) is 50.2 Å². The highest BCUT2D eigenvalue weighted by molar-refractivity contribution is 5.83. The number of nitrogens with zero attached hydrogens (tertiary/aromatic N) is 4. The van der Waals surface area contributed by atoms with Gasteiger partial charge >= 0.3 is 0 Å². The third kappa shape index (κ3) is 4.31. The number of amides is 1. The minimum atomic E-state index is -0.275. The van der Waals surface area contributed by atoms with Gasteiger partial charge in [0.05, 0.1) is 11.4 Å². The van der Waals surface area contributed by atoms with Gasteiger partial charge in [0, 0.05) is 17.5 Å². The highest BCUT2D eigenvalue weighted by Gasteiger charge is 2.24. The topological polar surface area (TPSA) is 103 Å². The molecule has 184 valence electrons. The highest BCUT2D eigenvalue weighted by atomic mass is 16.5. The SMILES string of the molecule is Cc1ccc(-c2noc(-c3cn(CC(=O)N[C@H]4CCc5ccccc54)c4nc(C)ccc4c3=O)n2)cc1. The molecule has 0 fully saturated rings. The molecule has 1 amide bonds. The Kier molecular flexibility index (Phi) is 5.64. The van der Waals surface area contributed by atoms with Gasteiger partial charge in [-0.2, -0.15) is 4.98 Å². The van der Waals surface area contributed by atoms with E-state index >= 15 is 0 Å². The monoisotopic (exact) mass is 491 g/mol. The van der Waals surface area contributed by atoms with E-state index in [-0.39, 0.29) is 35.4 Å². The fourth-order valence-electron chi connectivity index (χ4n) is 4.89. The molecule has 0 unspecified atom stereocenters. The number of fused-ring (bicyclic) bond motifs is 2. The maximum atomic E-state index is 13.4. The molecule has 3 aromatic heterocycles. The Bertz CT molecular complexity index is 1700. The Balaban J connectivity index is 1.36. The lowest BCUT2D eigenvalue weighted by molar-refractivity contribution is -0.122. The second-order valence-electron chi connectivity index (χ2n) is 9.47. The molecule has 8 heteroatoms. The van der Waals surface area contributed by atoms with Gasteiger partial charge in [-0.1, -0.05) is 59.3 Å². The van der Waals surface area contributed by atoms with Gasteiger partial charge in [-0.3, -0.25) is 9.59 Å². The number of rotatable bonds is 5. The summed E-state index contributed by atoms with van der Waals surface area (Å²) in [7, 11) is 0. The summed E-state index contributed by atoms with van der Waals surface area (Å²) in [5.41, 5.74) is 5.46. The second kappa shape index (κ2) is 9.13. The van der Waals surface area contributed by atoms with Gasteiger partial charge in [-0.05, 0) is 49.9 Å². The number of hydrogen-bond donors (Lipinski definition) is 1. The minimum Gasteiger partial charge on any atom is -0.348 e. The van der Waals surface area contributed by atoms with Crippen LogP contribution in [0, 0.1) is 13.8 Å². The van der Waals surface area contributed by atoms with Crippen molar-refractivity contribution in [2.24, 2.45) is 0 Å². The first kappa shape index (κ1) is 22.8. The fourth-order valence-corrected chi connectivity index (χ4v) is 4.89. The molecule has 0 bridgehead atoms. The minimum absolute atomic E-state index is 0.00213. The average Bonchev–Trinajstić information content (AvgIpc) is 3.54. The molecule has 5 aromatic rings. The lowest BCUT2D eigenvalue weighted by atomic mass is 10.1. The Hall–Kier alpha value is -4.59. The number of aromatic nitrogens is 4. The van der Waals surface area contributed by atoms with E-state index in [9.17, 15) is 9.59 Å². The molecule has 37 heavy (non-hydrogen) atoms. The number of aryl methyl sites for hydroxylation is 3. The fraction of sp³-hybridized carbons (Fsp3) is 0.207. The number of hydrogen-bond acceptors (Lipinski definition) is 6. The number of carbonyl (C=O) groups excluding carboxylic acids is 1. The first-order valence-electron chi connectivity index (χ1n) is 12.3. The van der Waals surface area contributed by atoms with Crippen LogP contribution in [-0.4, -0.2) is 25.6 Å². The van der Waals surface area contributed by atoms with Crippen LogP contribution in [0.4, 0.5) is 0 Å². The maximum Gasteiger partial charge on any atom is 0.263 e. The van der Waals surface area contributed by atoms with Gasteiger partial charge in [-0.25, -0.2) is 4.98 Å². The van der Waals surface area contributed by atoms with Crippen LogP contribution in [0.5, 0.6) is 0 Å². The van der Waals surface area contributed by atoms with Crippen LogP contribution < -0.4 is 10.7 Å². The van der Waals surface area contributed by atoms with Gasteiger partial charge in [-0.15, -0.1) is 0 Å². The zero-order valence-electron chi connectivity index (χ0n) is 20.6. The van der Waals surface area contributed by atoms with Crippen LogP contribution in [-0.2, 0) is 17.8 Å². The molecule has 0 radical (unpaired) electrons. The number of benzene rings is 2. The maximum absolute atomic E-state index is 13.4. The highest BCUT2D eigenvalue weighted by Crippen LogP contribution is 2.30. The average molecular weight is 492 g/mol. The molecule has 1 aliphatic carbocycles. The van der Waals surface area contributed by atoms with E-state index < -0.39 is 0 Å². The molecule has 1 N–H and O–H groups in total. The molecule has 0 saturated carbocycles. The molecule has 0 spiro atoms. The predicted octanol–water partition coefficient (Wildman–Crippen LogP) is 4.53. The zero-order chi connectivity index (χ0) is 25.5. The predicted molar refractivity (Wildman–Crippen MR) is 140 cm³/mol. The van der Waals surface area contributed by atoms with Crippen molar-refractivity contribution in [3.05, 3.63) is 99.5 Å². The largest absolute Gasteiger partial charge is 0.348 e. The van der Waals surface area contributed by atoms with Crippen LogP contribution in [0.25, 0.3) is 33.9 Å². The van der Waals surface area contributed by atoms with Crippen molar-refractivity contribution >= 4 is 16.9 Å². The van der Waals surface area contributed by atoms with Gasteiger partial charge in [0.25, 0.3) is 5.89 Å². The van der Waals surface area contributed by atoms with Gasteiger partial charge < -0.3 is 14.4 Å². The Morgan fingerprint density at radius 1 is 1.05 bits per heavy atom. The Morgan fingerprint density at radius 2 is 1.86 bits per heavy atom. The first-order chi connectivity index (χ1) is 18.0. The normalized spacial score (nSPS) is 14.6. The summed E-state index contributed by atoms with van der Waals surface area (Å²) in [6.45, 7) is 3.85. The molecule has 1 atom stereocenters. The van der Waals surface area contributed by atoms with Crippen molar-refractivity contribution in [1.82, 2.24) is 25.0 Å². The third-order valence-corrected chi connectivity index (χ3v) is 6.81. The lowest BCUT2D eigenvalue weighted by Crippen LogP contribution is -2.31. The molecule has 6 rings (SSSR count). The van der Waals surface area contributed by atoms with Crippen molar-refractivity contribution in [3.8, 4) is 22.8 Å².